The van der Waals surface area contributed by atoms with E-state index in [-0.39, 0.29) is 12.4 Å². The highest BCUT2D eigenvalue weighted by molar-refractivity contribution is 7.99. The van der Waals surface area contributed by atoms with Crippen molar-refractivity contribution in [1.82, 2.24) is 4.90 Å². The zero-order chi connectivity index (χ0) is 12.1. The summed E-state index contributed by atoms with van der Waals surface area (Å²) in [7, 11) is 4.18. The predicted octanol–water partition coefficient (Wildman–Crippen LogP) is 4.32. The Hall–Kier alpha value is -0.960. The van der Waals surface area contributed by atoms with Gasteiger partial charge in [-0.1, -0.05) is 42.1 Å². The van der Waals surface area contributed by atoms with Gasteiger partial charge in [0.05, 0.1) is 0 Å². The maximum atomic E-state index is 2.20. The fourth-order valence-corrected chi connectivity index (χ4v) is 2.49. The quantitative estimate of drug-likeness (QED) is 0.820. The fourth-order valence-electron chi connectivity index (χ4n) is 1.65. The Morgan fingerprint density at radius 2 is 1.39 bits per heavy atom. The van der Waals surface area contributed by atoms with E-state index in [9.17, 15) is 0 Å². The second-order valence-electron chi connectivity index (χ2n) is 4.30. The second-order valence-corrected chi connectivity index (χ2v) is 5.44. The third-order valence-corrected chi connectivity index (χ3v) is 3.42. The molecular formula is C15H18ClNS. The minimum atomic E-state index is 0. The average Bonchev–Trinajstić information content (AvgIpc) is 2.32. The number of rotatable bonds is 4. The first-order valence-electron chi connectivity index (χ1n) is 5.70. The summed E-state index contributed by atoms with van der Waals surface area (Å²) in [6.45, 7) is 0.996. The predicted molar refractivity (Wildman–Crippen MR) is 81.6 cm³/mol. The van der Waals surface area contributed by atoms with Crippen LogP contribution in [0, 0.1) is 0 Å². The molecule has 2 rings (SSSR count). The van der Waals surface area contributed by atoms with E-state index in [1.54, 1.807) is 11.8 Å². The number of hydrogen-bond acceptors (Lipinski definition) is 2. The maximum Gasteiger partial charge on any atom is 0.0227 e. The third kappa shape index (κ3) is 4.73. The van der Waals surface area contributed by atoms with Crippen LogP contribution in [0.2, 0.25) is 0 Å². The van der Waals surface area contributed by atoms with E-state index in [1.807, 2.05) is 6.07 Å². The van der Waals surface area contributed by atoms with E-state index < -0.39 is 0 Å². The molecule has 0 aliphatic heterocycles. The van der Waals surface area contributed by atoms with Crippen molar-refractivity contribution in [1.29, 1.82) is 0 Å². The molecule has 0 N–H and O–H groups in total. The van der Waals surface area contributed by atoms with Gasteiger partial charge in [0, 0.05) is 16.3 Å². The van der Waals surface area contributed by atoms with Gasteiger partial charge in [0.1, 0.15) is 0 Å². The largest absolute Gasteiger partial charge is 0.305 e. The van der Waals surface area contributed by atoms with Gasteiger partial charge in [-0.2, -0.15) is 0 Å². The summed E-state index contributed by atoms with van der Waals surface area (Å²) in [6.07, 6.45) is 0. The number of halogens is 1. The lowest BCUT2D eigenvalue weighted by Crippen LogP contribution is -2.10. The average molecular weight is 280 g/mol. The topological polar surface area (TPSA) is 3.24 Å². The Morgan fingerprint density at radius 3 is 1.94 bits per heavy atom. The van der Waals surface area contributed by atoms with Crippen molar-refractivity contribution in [3.05, 3.63) is 60.2 Å². The van der Waals surface area contributed by atoms with Crippen molar-refractivity contribution in [2.45, 2.75) is 16.3 Å². The molecule has 0 atom stereocenters. The summed E-state index contributed by atoms with van der Waals surface area (Å²) < 4.78 is 0. The lowest BCUT2D eigenvalue weighted by Gasteiger charge is -2.09. The van der Waals surface area contributed by atoms with Crippen molar-refractivity contribution in [3.8, 4) is 0 Å². The first-order chi connectivity index (χ1) is 8.24. The van der Waals surface area contributed by atoms with E-state index >= 15 is 0 Å². The summed E-state index contributed by atoms with van der Waals surface area (Å²) in [6, 6.07) is 19.2. The lowest BCUT2D eigenvalue weighted by molar-refractivity contribution is 0.402. The second kappa shape index (κ2) is 7.47. The molecule has 0 spiro atoms. The molecular weight excluding hydrogens is 262 g/mol. The van der Waals surface area contributed by atoms with Gasteiger partial charge in [-0.3, -0.25) is 0 Å². The molecule has 0 saturated carbocycles. The summed E-state index contributed by atoms with van der Waals surface area (Å²) in [5.74, 6) is 0. The van der Waals surface area contributed by atoms with Gasteiger partial charge in [-0.15, -0.1) is 12.4 Å². The molecule has 1 nitrogen and oxygen atoms in total. The molecule has 18 heavy (non-hydrogen) atoms. The van der Waals surface area contributed by atoms with Crippen molar-refractivity contribution in [3.63, 3.8) is 0 Å². The zero-order valence-electron chi connectivity index (χ0n) is 10.7. The van der Waals surface area contributed by atoms with Crippen molar-refractivity contribution < 1.29 is 0 Å². The monoisotopic (exact) mass is 279 g/mol. The molecule has 0 bridgehead atoms. The highest BCUT2D eigenvalue weighted by Crippen LogP contribution is 2.27. The Bertz CT molecular complexity index is 454. The number of hydrogen-bond donors (Lipinski definition) is 0. The maximum absolute atomic E-state index is 2.20. The van der Waals surface area contributed by atoms with Crippen molar-refractivity contribution >= 4 is 24.2 Å². The Balaban J connectivity index is 0.00000162. The zero-order valence-corrected chi connectivity index (χ0v) is 12.3. The van der Waals surface area contributed by atoms with Crippen LogP contribution in [0.25, 0.3) is 0 Å². The summed E-state index contributed by atoms with van der Waals surface area (Å²) in [5.41, 5.74) is 1.35. The van der Waals surface area contributed by atoms with Crippen LogP contribution >= 0.6 is 24.2 Å². The van der Waals surface area contributed by atoms with E-state index in [4.69, 9.17) is 0 Å². The highest BCUT2D eigenvalue weighted by atomic mass is 35.5. The van der Waals surface area contributed by atoms with Crippen LogP contribution < -0.4 is 0 Å². The molecule has 0 radical (unpaired) electrons. The van der Waals surface area contributed by atoms with Gasteiger partial charge in [0.25, 0.3) is 0 Å². The standard InChI is InChI=1S/C15H17NS.ClH/c1-16(2)12-13-8-10-15(11-9-13)17-14-6-4-3-5-7-14;/h3-11H,12H2,1-2H3;1H. The summed E-state index contributed by atoms with van der Waals surface area (Å²) in [5, 5.41) is 0. The summed E-state index contributed by atoms with van der Waals surface area (Å²) >= 11 is 1.80. The SMILES string of the molecule is CN(C)Cc1ccc(Sc2ccccc2)cc1.Cl. The molecule has 2 aromatic rings. The smallest absolute Gasteiger partial charge is 0.0227 e. The van der Waals surface area contributed by atoms with E-state index in [2.05, 4.69) is 67.5 Å². The molecule has 0 amide bonds. The fraction of sp³-hybridized carbons (Fsp3) is 0.200. The van der Waals surface area contributed by atoms with Gasteiger partial charge >= 0.3 is 0 Å². The molecule has 3 heteroatoms. The minimum absolute atomic E-state index is 0. The van der Waals surface area contributed by atoms with Crippen LogP contribution in [0.15, 0.2) is 64.4 Å². The summed E-state index contributed by atoms with van der Waals surface area (Å²) in [4.78, 5) is 4.76. The van der Waals surface area contributed by atoms with Crippen LogP contribution in [0.5, 0.6) is 0 Å². The molecule has 0 aromatic heterocycles. The first kappa shape index (κ1) is 15.1. The van der Waals surface area contributed by atoms with Gasteiger partial charge in [-0.05, 0) is 43.9 Å². The van der Waals surface area contributed by atoms with Crippen LogP contribution in [0.1, 0.15) is 5.56 Å². The number of nitrogens with zero attached hydrogens (tertiary/aromatic N) is 1. The molecule has 2 aromatic carbocycles. The molecule has 0 fully saturated rings. The lowest BCUT2D eigenvalue weighted by atomic mass is 10.2. The highest BCUT2D eigenvalue weighted by Gasteiger charge is 1.98. The molecule has 0 unspecified atom stereocenters. The molecule has 0 saturated heterocycles. The molecule has 0 aliphatic rings. The van der Waals surface area contributed by atoms with Crippen LogP contribution in [0.3, 0.4) is 0 Å². The first-order valence-corrected chi connectivity index (χ1v) is 6.52. The number of benzene rings is 2. The van der Waals surface area contributed by atoms with Gasteiger partial charge in [0.15, 0.2) is 0 Å². The van der Waals surface area contributed by atoms with Gasteiger partial charge in [-0.25, -0.2) is 0 Å². The van der Waals surface area contributed by atoms with Crippen molar-refractivity contribution in [2.24, 2.45) is 0 Å². The molecule has 0 aliphatic carbocycles. The van der Waals surface area contributed by atoms with E-state index in [0.717, 1.165) is 6.54 Å². The Labute approximate surface area is 120 Å². The Kier molecular flexibility index (Phi) is 6.27. The molecule has 96 valence electrons. The van der Waals surface area contributed by atoms with Crippen LogP contribution in [-0.2, 0) is 6.54 Å². The Morgan fingerprint density at radius 1 is 0.833 bits per heavy atom. The van der Waals surface area contributed by atoms with Crippen LogP contribution in [-0.4, -0.2) is 19.0 Å². The van der Waals surface area contributed by atoms with Gasteiger partial charge < -0.3 is 4.90 Å². The normalized spacial score (nSPS) is 10.2. The van der Waals surface area contributed by atoms with Crippen molar-refractivity contribution in [2.75, 3.05) is 14.1 Å². The minimum Gasteiger partial charge on any atom is -0.305 e. The molecule has 0 heterocycles. The van der Waals surface area contributed by atoms with Gasteiger partial charge in [0.2, 0.25) is 0 Å². The van der Waals surface area contributed by atoms with Crippen LogP contribution in [0.4, 0.5) is 0 Å². The van der Waals surface area contributed by atoms with E-state index in [1.165, 1.54) is 15.4 Å². The third-order valence-electron chi connectivity index (χ3n) is 2.40. The van der Waals surface area contributed by atoms with E-state index in [0.29, 0.717) is 0 Å².